The molecule has 1 aliphatic heterocycles. The Kier molecular flexibility index (Phi) is 7.21. The first kappa shape index (κ1) is 17.8. The average molecular weight is 349 g/mol. The number of benzene rings is 1. The van der Waals surface area contributed by atoms with Crippen molar-refractivity contribution < 1.29 is 14.6 Å². The lowest BCUT2D eigenvalue weighted by Crippen LogP contribution is -2.46. The van der Waals surface area contributed by atoms with E-state index in [0.29, 0.717) is 28.9 Å². The summed E-state index contributed by atoms with van der Waals surface area (Å²) >= 11 is 11.9. The highest BCUT2D eigenvalue weighted by Gasteiger charge is 2.17. The molecule has 0 saturated carbocycles. The second-order valence-corrected chi connectivity index (χ2v) is 6.30. The zero-order chi connectivity index (χ0) is 15.9. The quantitative estimate of drug-likeness (QED) is 0.784. The van der Waals surface area contributed by atoms with Crippen LogP contribution in [0.4, 0.5) is 0 Å². The predicted octanol–water partition coefficient (Wildman–Crippen LogP) is 1.65. The van der Waals surface area contributed by atoms with Crippen molar-refractivity contribution in [3.63, 3.8) is 0 Å². The number of nitrogens with zero attached hydrogens (tertiary/aromatic N) is 1. The molecule has 0 aromatic heterocycles. The molecular formula is C15H22Cl2N2O3. The molecule has 2 N–H and O–H groups in total. The monoisotopic (exact) mass is 348 g/mol. The van der Waals surface area contributed by atoms with Crippen molar-refractivity contribution in [2.24, 2.45) is 0 Å². The molecule has 1 aliphatic rings. The molecule has 1 aromatic carbocycles. The van der Waals surface area contributed by atoms with Gasteiger partial charge in [-0.1, -0.05) is 23.2 Å². The third-order valence-electron chi connectivity index (χ3n) is 3.42. The second-order valence-electron chi connectivity index (χ2n) is 5.45. The van der Waals surface area contributed by atoms with Gasteiger partial charge in [0.1, 0.15) is 18.5 Å². The Morgan fingerprint density at radius 1 is 1.50 bits per heavy atom. The average Bonchev–Trinajstić information content (AvgIpc) is 2.48. The van der Waals surface area contributed by atoms with Gasteiger partial charge in [0.25, 0.3) is 0 Å². The number of morpholine rings is 1. The molecule has 0 bridgehead atoms. The van der Waals surface area contributed by atoms with Crippen LogP contribution in [0.2, 0.25) is 10.0 Å². The predicted molar refractivity (Wildman–Crippen MR) is 88.1 cm³/mol. The van der Waals surface area contributed by atoms with Crippen molar-refractivity contribution in [1.82, 2.24) is 10.2 Å². The van der Waals surface area contributed by atoms with Gasteiger partial charge in [-0.25, -0.2) is 0 Å². The first-order valence-corrected chi connectivity index (χ1v) is 8.07. The van der Waals surface area contributed by atoms with Gasteiger partial charge < -0.3 is 24.8 Å². The Morgan fingerprint density at radius 2 is 2.32 bits per heavy atom. The van der Waals surface area contributed by atoms with Crippen LogP contribution in [-0.4, -0.2) is 68.7 Å². The van der Waals surface area contributed by atoms with Gasteiger partial charge in [-0.2, -0.15) is 0 Å². The summed E-state index contributed by atoms with van der Waals surface area (Å²) in [6.07, 6.45) is -0.467. The Bertz CT molecular complexity index is 476. The highest BCUT2D eigenvalue weighted by atomic mass is 35.5. The van der Waals surface area contributed by atoms with E-state index in [-0.39, 0.29) is 12.7 Å². The summed E-state index contributed by atoms with van der Waals surface area (Å²) in [5, 5.41) is 14.2. The topological polar surface area (TPSA) is 54.0 Å². The minimum Gasteiger partial charge on any atom is -0.489 e. The molecule has 22 heavy (non-hydrogen) atoms. The van der Waals surface area contributed by atoms with E-state index in [1.807, 2.05) is 0 Å². The molecule has 0 amide bonds. The first-order chi connectivity index (χ1) is 10.5. The number of nitrogens with one attached hydrogen (secondary N) is 1. The summed E-state index contributed by atoms with van der Waals surface area (Å²) in [5.74, 6) is 0.477. The fourth-order valence-electron chi connectivity index (χ4n) is 2.23. The molecule has 1 heterocycles. The van der Waals surface area contributed by atoms with E-state index in [1.54, 1.807) is 18.2 Å². The Morgan fingerprint density at radius 3 is 3.09 bits per heavy atom. The normalized spacial score (nSPS) is 20.8. The fourth-order valence-corrected chi connectivity index (χ4v) is 2.57. The van der Waals surface area contributed by atoms with Crippen LogP contribution in [-0.2, 0) is 4.74 Å². The summed E-state index contributed by atoms with van der Waals surface area (Å²) in [6, 6.07) is 4.99. The highest BCUT2D eigenvalue weighted by Crippen LogP contribution is 2.27. The molecule has 1 saturated heterocycles. The van der Waals surface area contributed by atoms with Crippen molar-refractivity contribution in [1.29, 1.82) is 0 Å². The van der Waals surface area contributed by atoms with Crippen LogP contribution in [0.3, 0.4) is 0 Å². The fraction of sp³-hybridized carbons (Fsp3) is 0.600. The summed E-state index contributed by atoms with van der Waals surface area (Å²) in [7, 11) is 2.08. The molecule has 0 aliphatic carbocycles. The van der Waals surface area contributed by atoms with Crippen LogP contribution in [0.15, 0.2) is 18.2 Å². The zero-order valence-electron chi connectivity index (χ0n) is 12.6. The van der Waals surface area contributed by atoms with Crippen LogP contribution in [0.1, 0.15) is 0 Å². The molecule has 124 valence electrons. The van der Waals surface area contributed by atoms with Gasteiger partial charge >= 0.3 is 0 Å². The summed E-state index contributed by atoms with van der Waals surface area (Å²) < 4.78 is 11.1. The van der Waals surface area contributed by atoms with Crippen molar-refractivity contribution >= 4 is 23.2 Å². The van der Waals surface area contributed by atoms with Gasteiger partial charge in [0.05, 0.1) is 17.7 Å². The van der Waals surface area contributed by atoms with Crippen LogP contribution in [0, 0.1) is 0 Å². The maximum atomic E-state index is 9.94. The molecule has 0 unspecified atom stereocenters. The summed E-state index contributed by atoms with van der Waals surface area (Å²) in [4.78, 5) is 2.23. The van der Waals surface area contributed by atoms with Crippen LogP contribution in [0.5, 0.6) is 5.75 Å². The van der Waals surface area contributed by atoms with Gasteiger partial charge in [-0.3, -0.25) is 0 Å². The summed E-state index contributed by atoms with van der Waals surface area (Å²) in [6.45, 7) is 3.91. The van der Waals surface area contributed by atoms with Gasteiger partial charge in [0.2, 0.25) is 0 Å². The lowest BCUT2D eigenvalue weighted by atomic mass is 10.2. The van der Waals surface area contributed by atoms with Gasteiger partial charge in [-0.15, -0.1) is 0 Å². The molecule has 7 heteroatoms. The molecule has 2 rings (SSSR count). The van der Waals surface area contributed by atoms with Crippen molar-refractivity contribution in [3.8, 4) is 5.75 Å². The van der Waals surface area contributed by atoms with E-state index >= 15 is 0 Å². The molecule has 0 spiro atoms. The lowest BCUT2D eigenvalue weighted by molar-refractivity contribution is -0.0196. The van der Waals surface area contributed by atoms with Crippen LogP contribution in [0.25, 0.3) is 0 Å². The zero-order valence-corrected chi connectivity index (χ0v) is 14.1. The minimum absolute atomic E-state index is 0.151. The largest absolute Gasteiger partial charge is 0.489 e. The number of ether oxygens (including phenoxy) is 2. The maximum absolute atomic E-state index is 9.94. The standard InChI is InChI=1S/C15H22Cl2N2O3/c1-19-4-5-21-13(9-19)8-18-7-12(20)10-22-15-6-11(16)2-3-14(15)17/h2-3,6,12-13,18,20H,4-5,7-10H2,1H3/t12-,13-/m1/s1. The van der Waals surface area contributed by atoms with E-state index in [2.05, 4.69) is 17.3 Å². The number of aliphatic hydroxyl groups is 1. The first-order valence-electron chi connectivity index (χ1n) is 7.31. The number of hydrogen-bond acceptors (Lipinski definition) is 5. The van der Waals surface area contributed by atoms with Crippen molar-refractivity contribution in [2.75, 3.05) is 46.4 Å². The smallest absolute Gasteiger partial charge is 0.139 e. The van der Waals surface area contributed by atoms with E-state index in [4.69, 9.17) is 32.7 Å². The third-order valence-corrected chi connectivity index (χ3v) is 3.97. The lowest BCUT2D eigenvalue weighted by Gasteiger charge is -2.30. The molecule has 0 radical (unpaired) electrons. The van der Waals surface area contributed by atoms with E-state index in [1.165, 1.54) is 0 Å². The van der Waals surface area contributed by atoms with E-state index < -0.39 is 6.10 Å². The molecule has 2 atom stereocenters. The van der Waals surface area contributed by atoms with Gasteiger partial charge in [-0.05, 0) is 19.2 Å². The molecule has 1 aromatic rings. The molecular weight excluding hydrogens is 327 g/mol. The van der Waals surface area contributed by atoms with Crippen molar-refractivity contribution in [2.45, 2.75) is 12.2 Å². The van der Waals surface area contributed by atoms with Gasteiger partial charge in [0.15, 0.2) is 0 Å². The third kappa shape index (κ3) is 5.91. The Labute approximate surface area is 141 Å². The maximum Gasteiger partial charge on any atom is 0.139 e. The second kappa shape index (κ2) is 8.91. The summed E-state index contributed by atoms with van der Waals surface area (Å²) in [5.41, 5.74) is 0. The number of rotatable bonds is 7. The number of hydrogen-bond donors (Lipinski definition) is 2. The SMILES string of the molecule is CN1CCO[C@H](CNC[C@@H](O)COc2cc(Cl)ccc2Cl)C1. The van der Waals surface area contributed by atoms with Crippen molar-refractivity contribution in [3.05, 3.63) is 28.2 Å². The van der Waals surface area contributed by atoms with E-state index in [9.17, 15) is 5.11 Å². The highest BCUT2D eigenvalue weighted by molar-refractivity contribution is 6.34. The number of halogens is 2. The van der Waals surface area contributed by atoms with Crippen LogP contribution < -0.4 is 10.1 Å². The van der Waals surface area contributed by atoms with Gasteiger partial charge in [0, 0.05) is 37.3 Å². The van der Waals surface area contributed by atoms with E-state index in [0.717, 1.165) is 19.7 Å². The number of aliphatic hydroxyl groups excluding tert-OH is 1. The van der Waals surface area contributed by atoms with Crippen LogP contribution >= 0.6 is 23.2 Å². The minimum atomic E-state index is -0.628. The Hall–Kier alpha value is -0.560. The Balaban J connectivity index is 1.65. The molecule has 1 fully saturated rings. The molecule has 5 nitrogen and oxygen atoms in total. The number of likely N-dealkylation sites (N-methyl/N-ethyl adjacent to an activating group) is 1.